The first-order chi connectivity index (χ1) is 10.9. The summed E-state index contributed by atoms with van der Waals surface area (Å²) in [5.41, 5.74) is 2.50. The van der Waals surface area contributed by atoms with Crippen molar-refractivity contribution >= 4 is 22.4 Å². The lowest BCUT2D eigenvalue weighted by Gasteiger charge is -2.07. The van der Waals surface area contributed by atoms with E-state index in [1.54, 1.807) is 6.07 Å². The lowest BCUT2D eigenvalue weighted by Crippen LogP contribution is -2.20. The van der Waals surface area contributed by atoms with Gasteiger partial charge in [0.1, 0.15) is 5.75 Å². The number of hydrogen-bond donors (Lipinski definition) is 1. The first kappa shape index (κ1) is 15.7. The van der Waals surface area contributed by atoms with E-state index in [2.05, 4.69) is 15.5 Å². The number of fused-ring (bicyclic) bond motifs is 1. The van der Waals surface area contributed by atoms with Gasteiger partial charge in [0.25, 0.3) is 5.91 Å². The van der Waals surface area contributed by atoms with Gasteiger partial charge in [0.15, 0.2) is 6.61 Å². The summed E-state index contributed by atoms with van der Waals surface area (Å²) in [6, 6.07) is 5.64. The van der Waals surface area contributed by atoms with Gasteiger partial charge in [-0.25, -0.2) is 0 Å². The molecule has 1 N–H and O–H groups in total. The summed E-state index contributed by atoms with van der Waals surface area (Å²) < 4.78 is 42.5. The first-order valence-electron chi connectivity index (χ1n) is 6.87. The summed E-state index contributed by atoms with van der Waals surface area (Å²) in [5.74, 6) is -0.0237. The number of rotatable bonds is 4. The number of carbonyl (C=O) groups excluding carboxylic acids is 1. The van der Waals surface area contributed by atoms with Crippen molar-refractivity contribution in [1.82, 2.24) is 10.2 Å². The molecule has 1 aliphatic rings. The monoisotopic (exact) mass is 343 g/mol. The van der Waals surface area contributed by atoms with Crippen molar-refractivity contribution in [1.29, 1.82) is 0 Å². The molecule has 1 heterocycles. The Morgan fingerprint density at radius 3 is 2.78 bits per heavy atom. The fraction of sp³-hybridized carbons (Fsp3) is 0.357. The molecule has 0 unspecified atom stereocenters. The number of alkyl halides is 3. The number of benzene rings is 1. The molecule has 1 aromatic carbocycles. The van der Waals surface area contributed by atoms with Crippen LogP contribution in [0.25, 0.3) is 0 Å². The zero-order valence-electron chi connectivity index (χ0n) is 11.8. The van der Waals surface area contributed by atoms with Gasteiger partial charge in [-0.1, -0.05) is 17.4 Å². The van der Waals surface area contributed by atoms with Crippen molar-refractivity contribution in [2.75, 3.05) is 11.9 Å². The molecule has 0 atom stereocenters. The maximum absolute atomic E-state index is 12.4. The number of hydrogen-bond acceptors (Lipinski definition) is 5. The molecule has 122 valence electrons. The van der Waals surface area contributed by atoms with E-state index in [1.807, 2.05) is 12.1 Å². The van der Waals surface area contributed by atoms with E-state index in [0.717, 1.165) is 19.3 Å². The van der Waals surface area contributed by atoms with E-state index in [-0.39, 0.29) is 23.1 Å². The predicted molar refractivity (Wildman–Crippen MR) is 77.5 cm³/mol. The highest BCUT2D eigenvalue weighted by Crippen LogP contribution is 2.33. The number of halogens is 3. The Balaban J connectivity index is 1.54. The third-order valence-electron chi connectivity index (χ3n) is 3.35. The van der Waals surface area contributed by atoms with E-state index in [9.17, 15) is 18.0 Å². The van der Waals surface area contributed by atoms with E-state index < -0.39 is 17.1 Å². The molecule has 1 amide bonds. The standard InChI is InChI=1S/C14H12F3N3O2S/c15-14(16,17)12-19-20-13(23-12)18-11(21)7-22-10-5-4-8-2-1-3-9(8)6-10/h4-6H,1-3,7H2,(H,18,20,21). The van der Waals surface area contributed by atoms with Crippen LogP contribution < -0.4 is 10.1 Å². The first-order valence-corrected chi connectivity index (χ1v) is 7.68. The second kappa shape index (κ2) is 6.15. The molecule has 0 spiro atoms. The van der Waals surface area contributed by atoms with Gasteiger partial charge < -0.3 is 4.74 Å². The molecule has 1 aliphatic carbocycles. The van der Waals surface area contributed by atoms with Crippen LogP contribution in [-0.2, 0) is 23.8 Å². The fourth-order valence-electron chi connectivity index (χ4n) is 2.33. The molecule has 5 nitrogen and oxygen atoms in total. The van der Waals surface area contributed by atoms with Crippen LogP contribution in [0.3, 0.4) is 0 Å². The largest absolute Gasteiger partial charge is 0.484 e. The highest BCUT2D eigenvalue weighted by atomic mass is 32.1. The van der Waals surface area contributed by atoms with Crippen LogP contribution in [-0.4, -0.2) is 22.7 Å². The van der Waals surface area contributed by atoms with Gasteiger partial charge in [-0.05, 0) is 42.5 Å². The molecule has 3 rings (SSSR count). The maximum Gasteiger partial charge on any atom is 0.445 e. The molecular formula is C14H12F3N3O2S. The zero-order chi connectivity index (χ0) is 16.4. The van der Waals surface area contributed by atoms with Crippen LogP contribution in [0.15, 0.2) is 18.2 Å². The van der Waals surface area contributed by atoms with Crippen LogP contribution in [0, 0.1) is 0 Å². The summed E-state index contributed by atoms with van der Waals surface area (Å²) >= 11 is 0.271. The number of nitrogens with one attached hydrogen (secondary N) is 1. The van der Waals surface area contributed by atoms with Crippen molar-refractivity contribution < 1.29 is 22.7 Å². The number of amides is 1. The fourth-order valence-corrected chi connectivity index (χ4v) is 2.96. The average molecular weight is 343 g/mol. The molecule has 0 fully saturated rings. The number of carbonyl (C=O) groups is 1. The average Bonchev–Trinajstić information content (AvgIpc) is 3.12. The molecule has 0 radical (unpaired) electrons. The predicted octanol–water partition coefficient (Wildman–Crippen LogP) is 3.06. The van der Waals surface area contributed by atoms with Gasteiger partial charge >= 0.3 is 6.18 Å². The SMILES string of the molecule is O=C(COc1ccc2c(c1)CCC2)Nc1nnc(C(F)(F)F)s1. The smallest absolute Gasteiger partial charge is 0.445 e. The summed E-state index contributed by atoms with van der Waals surface area (Å²) in [7, 11) is 0. The van der Waals surface area contributed by atoms with Crippen molar-refractivity contribution in [3.05, 3.63) is 34.3 Å². The van der Waals surface area contributed by atoms with Crippen molar-refractivity contribution in [2.24, 2.45) is 0 Å². The summed E-state index contributed by atoms with van der Waals surface area (Å²) in [5, 5.41) is 7.20. The normalized spacial score (nSPS) is 13.7. The Bertz CT molecular complexity index is 730. The summed E-state index contributed by atoms with van der Waals surface area (Å²) in [4.78, 5) is 11.7. The number of ether oxygens (including phenoxy) is 1. The van der Waals surface area contributed by atoms with Crippen molar-refractivity contribution in [3.63, 3.8) is 0 Å². The van der Waals surface area contributed by atoms with Crippen molar-refractivity contribution in [3.8, 4) is 5.75 Å². The summed E-state index contributed by atoms with van der Waals surface area (Å²) in [6.45, 7) is -0.306. The Morgan fingerprint density at radius 2 is 2.04 bits per heavy atom. The third-order valence-corrected chi connectivity index (χ3v) is 4.24. The Kier molecular flexibility index (Phi) is 4.20. The molecule has 0 aliphatic heterocycles. The zero-order valence-corrected chi connectivity index (χ0v) is 12.6. The minimum Gasteiger partial charge on any atom is -0.484 e. The van der Waals surface area contributed by atoms with Crippen LogP contribution >= 0.6 is 11.3 Å². The van der Waals surface area contributed by atoms with Gasteiger partial charge in [0.05, 0.1) is 0 Å². The van der Waals surface area contributed by atoms with E-state index in [1.165, 1.54) is 11.1 Å². The number of aromatic nitrogens is 2. The van der Waals surface area contributed by atoms with Crippen LogP contribution in [0.2, 0.25) is 0 Å². The lowest BCUT2D eigenvalue weighted by atomic mass is 10.1. The molecular weight excluding hydrogens is 331 g/mol. The number of aryl methyl sites for hydroxylation is 2. The quantitative estimate of drug-likeness (QED) is 0.927. The minimum atomic E-state index is -4.57. The van der Waals surface area contributed by atoms with Gasteiger partial charge in [0, 0.05) is 0 Å². The van der Waals surface area contributed by atoms with Gasteiger partial charge in [-0.2, -0.15) is 13.2 Å². The maximum atomic E-state index is 12.4. The van der Waals surface area contributed by atoms with Crippen LogP contribution in [0.1, 0.15) is 22.6 Å². The molecule has 0 bridgehead atoms. The highest BCUT2D eigenvalue weighted by molar-refractivity contribution is 7.15. The molecule has 2 aromatic rings. The molecule has 0 saturated carbocycles. The van der Waals surface area contributed by atoms with Gasteiger partial charge in [-0.3, -0.25) is 10.1 Å². The van der Waals surface area contributed by atoms with Crippen molar-refractivity contribution in [2.45, 2.75) is 25.4 Å². The number of nitrogens with zero attached hydrogens (tertiary/aromatic N) is 2. The Hall–Kier alpha value is -2.16. The van der Waals surface area contributed by atoms with E-state index in [0.29, 0.717) is 5.75 Å². The molecule has 23 heavy (non-hydrogen) atoms. The van der Waals surface area contributed by atoms with Gasteiger partial charge in [-0.15, -0.1) is 10.2 Å². The van der Waals surface area contributed by atoms with E-state index in [4.69, 9.17) is 4.74 Å². The summed E-state index contributed by atoms with van der Waals surface area (Å²) in [6.07, 6.45) is -1.42. The van der Waals surface area contributed by atoms with Crippen LogP contribution in [0.5, 0.6) is 5.75 Å². The topological polar surface area (TPSA) is 64.1 Å². The highest BCUT2D eigenvalue weighted by Gasteiger charge is 2.35. The second-order valence-electron chi connectivity index (χ2n) is 5.03. The Labute approximate surface area is 133 Å². The molecule has 1 aromatic heterocycles. The van der Waals surface area contributed by atoms with Crippen LogP contribution in [0.4, 0.5) is 18.3 Å². The minimum absolute atomic E-state index is 0.208. The molecule has 9 heteroatoms. The third kappa shape index (κ3) is 3.79. The van der Waals surface area contributed by atoms with E-state index >= 15 is 0 Å². The second-order valence-corrected chi connectivity index (χ2v) is 6.01. The Morgan fingerprint density at radius 1 is 1.26 bits per heavy atom. The lowest BCUT2D eigenvalue weighted by molar-refractivity contribution is -0.138. The van der Waals surface area contributed by atoms with Gasteiger partial charge in [0.2, 0.25) is 10.1 Å². The number of anilines is 1. The molecule has 0 saturated heterocycles.